The molecule has 0 aromatic rings. The van der Waals surface area contributed by atoms with E-state index in [1.807, 2.05) is 34.6 Å². The van der Waals surface area contributed by atoms with E-state index in [1.54, 1.807) is 7.05 Å². The van der Waals surface area contributed by atoms with Crippen LogP contribution in [0.3, 0.4) is 0 Å². The van der Waals surface area contributed by atoms with Crippen molar-refractivity contribution < 1.29 is 19.0 Å². The molecule has 114 valence electrons. The van der Waals surface area contributed by atoms with Gasteiger partial charge in [0, 0.05) is 6.42 Å². The number of likely N-dealkylation sites (N-methyl/N-ethyl adjacent to an activating group) is 1. The van der Waals surface area contributed by atoms with E-state index in [0.29, 0.717) is 19.6 Å². The largest absolute Gasteiger partial charge is 0.468 e. The van der Waals surface area contributed by atoms with E-state index in [9.17, 15) is 4.79 Å². The molecule has 0 aromatic carbocycles. The molecule has 0 saturated heterocycles. The van der Waals surface area contributed by atoms with E-state index in [-0.39, 0.29) is 17.7 Å². The SMILES string of the molecule is CNC(C)(CC(C)OCCOC(C)(C)C)C(=O)OC. The average Bonchev–Trinajstić information content (AvgIpc) is 2.32. The van der Waals surface area contributed by atoms with Crippen molar-refractivity contribution in [2.24, 2.45) is 0 Å². The van der Waals surface area contributed by atoms with Crippen LogP contribution < -0.4 is 5.32 Å². The number of carbonyl (C=O) groups is 1. The van der Waals surface area contributed by atoms with Gasteiger partial charge in [0.2, 0.25) is 0 Å². The van der Waals surface area contributed by atoms with Crippen LogP contribution in [-0.2, 0) is 19.0 Å². The molecule has 0 rings (SSSR count). The Kier molecular flexibility index (Phi) is 7.55. The van der Waals surface area contributed by atoms with Crippen molar-refractivity contribution in [3.63, 3.8) is 0 Å². The van der Waals surface area contributed by atoms with Gasteiger partial charge in [0.25, 0.3) is 0 Å². The van der Waals surface area contributed by atoms with Crippen LogP contribution in [0.2, 0.25) is 0 Å². The Hall–Kier alpha value is -0.650. The summed E-state index contributed by atoms with van der Waals surface area (Å²) >= 11 is 0. The standard InChI is InChI=1S/C14H29NO4/c1-11(18-8-9-19-13(2,3)4)10-14(5,15-6)12(16)17-7/h11,15H,8-10H2,1-7H3. The molecule has 2 unspecified atom stereocenters. The van der Waals surface area contributed by atoms with Crippen molar-refractivity contribution in [3.8, 4) is 0 Å². The molecule has 2 atom stereocenters. The van der Waals surface area contributed by atoms with Gasteiger partial charge in [-0.15, -0.1) is 0 Å². The third-order valence-corrected chi connectivity index (χ3v) is 2.90. The number of methoxy groups -OCH3 is 1. The maximum atomic E-state index is 11.7. The van der Waals surface area contributed by atoms with E-state index in [4.69, 9.17) is 14.2 Å². The summed E-state index contributed by atoms with van der Waals surface area (Å²) in [4.78, 5) is 11.7. The summed E-state index contributed by atoms with van der Waals surface area (Å²) in [6.45, 7) is 10.8. The third-order valence-electron chi connectivity index (χ3n) is 2.90. The number of carbonyl (C=O) groups excluding carboxylic acids is 1. The number of rotatable bonds is 8. The van der Waals surface area contributed by atoms with Gasteiger partial charge in [0.05, 0.1) is 32.0 Å². The second-order valence-corrected chi connectivity index (χ2v) is 5.92. The van der Waals surface area contributed by atoms with Crippen molar-refractivity contribution in [2.75, 3.05) is 27.4 Å². The summed E-state index contributed by atoms with van der Waals surface area (Å²) in [5, 5.41) is 2.99. The summed E-state index contributed by atoms with van der Waals surface area (Å²) in [5.41, 5.74) is -0.878. The number of nitrogens with one attached hydrogen (secondary N) is 1. The smallest absolute Gasteiger partial charge is 0.325 e. The highest BCUT2D eigenvalue weighted by molar-refractivity contribution is 5.80. The lowest BCUT2D eigenvalue weighted by Crippen LogP contribution is -2.50. The third kappa shape index (κ3) is 7.50. The Morgan fingerprint density at radius 3 is 2.21 bits per heavy atom. The monoisotopic (exact) mass is 275 g/mol. The van der Waals surface area contributed by atoms with Crippen LogP contribution in [0.4, 0.5) is 0 Å². The van der Waals surface area contributed by atoms with Crippen LogP contribution in [0.25, 0.3) is 0 Å². The van der Waals surface area contributed by atoms with Crippen LogP contribution >= 0.6 is 0 Å². The van der Waals surface area contributed by atoms with Crippen molar-refractivity contribution in [2.45, 2.75) is 58.3 Å². The fourth-order valence-corrected chi connectivity index (χ4v) is 1.74. The fraction of sp³-hybridized carbons (Fsp3) is 0.929. The topological polar surface area (TPSA) is 56.8 Å². The molecule has 0 amide bonds. The predicted molar refractivity (Wildman–Crippen MR) is 75.2 cm³/mol. The minimum absolute atomic E-state index is 0.0554. The van der Waals surface area contributed by atoms with E-state index >= 15 is 0 Å². The van der Waals surface area contributed by atoms with Crippen molar-refractivity contribution >= 4 is 5.97 Å². The van der Waals surface area contributed by atoms with Crippen LogP contribution in [0.1, 0.15) is 41.0 Å². The molecular weight excluding hydrogens is 246 g/mol. The van der Waals surface area contributed by atoms with Gasteiger partial charge in [0.15, 0.2) is 0 Å². The molecule has 19 heavy (non-hydrogen) atoms. The summed E-state index contributed by atoms with van der Waals surface area (Å²) < 4.78 is 16.0. The molecule has 0 aliphatic heterocycles. The maximum Gasteiger partial charge on any atom is 0.325 e. The number of esters is 1. The van der Waals surface area contributed by atoms with Gasteiger partial charge < -0.3 is 19.5 Å². The first kappa shape index (κ1) is 18.4. The molecule has 5 heteroatoms. The molecule has 0 fully saturated rings. The number of hydrogen-bond donors (Lipinski definition) is 1. The number of hydrogen-bond acceptors (Lipinski definition) is 5. The van der Waals surface area contributed by atoms with E-state index in [1.165, 1.54) is 7.11 Å². The molecule has 0 saturated carbocycles. The van der Waals surface area contributed by atoms with Gasteiger partial charge in [-0.2, -0.15) is 0 Å². The zero-order chi connectivity index (χ0) is 15.1. The highest BCUT2D eigenvalue weighted by Crippen LogP contribution is 2.16. The highest BCUT2D eigenvalue weighted by Gasteiger charge is 2.34. The predicted octanol–water partition coefficient (Wildman–Crippen LogP) is 1.75. The van der Waals surface area contributed by atoms with Crippen LogP contribution in [0, 0.1) is 0 Å². The molecule has 0 bridgehead atoms. The van der Waals surface area contributed by atoms with Crippen molar-refractivity contribution in [3.05, 3.63) is 0 Å². The molecule has 0 aromatic heterocycles. The zero-order valence-corrected chi connectivity index (χ0v) is 13.3. The molecule has 0 spiro atoms. The molecule has 0 radical (unpaired) electrons. The molecule has 1 N–H and O–H groups in total. The maximum absolute atomic E-state index is 11.7. The summed E-state index contributed by atoms with van der Waals surface area (Å²) in [5.74, 6) is -0.281. The zero-order valence-electron chi connectivity index (χ0n) is 13.3. The van der Waals surface area contributed by atoms with E-state index in [0.717, 1.165) is 0 Å². The Balaban J connectivity index is 4.08. The van der Waals surface area contributed by atoms with Gasteiger partial charge in [0.1, 0.15) is 5.54 Å². The van der Waals surface area contributed by atoms with Crippen LogP contribution in [0.15, 0.2) is 0 Å². The molecule has 0 aliphatic carbocycles. The lowest BCUT2D eigenvalue weighted by Gasteiger charge is -2.29. The van der Waals surface area contributed by atoms with Gasteiger partial charge in [-0.1, -0.05) is 0 Å². The fourth-order valence-electron chi connectivity index (χ4n) is 1.74. The first-order valence-corrected chi connectivity index (χ1v) is 6.67. The summed E-state index contributed by atoms with van der Waals surface area (Å²) in [6, 6.07) is 0. The summed E-state index contributed by atoms with van der Waals surface area (Å²) in [7, 11) is 3.13. The first-order valence-electron chi connectivity index (χ1n) is 6.67. The average molecular weight is 275 g/mol. The van der Waals surface area contributed by atoms with Crippen LogP contribution in [0.5, 0.6) is 0 Å². The van der Waals surface area contributed by atoms with Gasteiger partial charge in [-0.05, 0) is 41.7 Å². The van der Waals surface area contributed by atoms with Crippen molar-refractivity contribution in [1.29, 1.82) is 0 Å². The lowest BCUT2D eigenvalue weighted by atomic mass is 9.95. The highest BCUT2D eigenvalue weighted by atomic mass is 16.5. The quantitative estimate of drug-likeness (QED) is 0.540. The second kappa shape index (κ2) is 7.82. The van der Waals surface area contributed by atoms with Gasteiger partial charge >= 0.3 is 5.97 Å². The Morgan fingerprint density at radius 2 is 1.79 bits per heavy atom. The molecule has 0 heterocycles. The first-order chi connectivity index (χ1) is 8.64. The lowest BCUT2D eigenvalue weighted by molar-refractivity contribution is -0.149. The van der Waals surface area contributed by atoms with E-state index < -0.39 is 5.54 Å². The Morgan fingerprint density at radius 1 is 1.21 bits per heavy atom. The molecule has 0 aliphatic rings. The minimum Gasteiger partial charge on any atom is -0.468 e. The normalized spacial score (nSPS) is 16.8. The Labute approximate surface area is 117 Å². The molecular formula is C14H29NO4. The van der Waals surface area contributed by atoms with Gasteiger partial charge in [-0.25, -0.2) is 0 Å². The number of ether oxygens (including phenoxy) is 3. The van der Waals surface area contributed by atoms with Gasteiger partial charge in [-0.3, -0.25) is 4.79 Å². The second-order valence-electron chi connectivity index (χ2n) is 5.92. The summed E-state index contributed by atoms with van der Waals surface area (Å²) in [6.07, 6.45) is 0.492. The van der Waals surface area contributed by atoms with E-state index in [2.05, 4.69) is 5.32 Å². The van der Waals surface area contributed by atoms with Crippen LogP contribution in [-0.4, -0.2) is 50.6 Å². The Bertz CT molecular complexity index is 275. The van der Waals surface area contributed by atoms with Crippen molar-refractivity contribution in [1.82, 2.24) is 5.32 Å². The molecule has 5 nitrogen and oxygen atoms in total. The minimum atomic E-state index is -0.723.